The van der Waals surface area contributed by atoms with Crippen molar-refractivity contribution in [2.45, 2.75) is 39.2 Å². The van der Waals surface area contributed by atoms with Crippen molar-refractivity contribution in [3.05, 3.63) is 17.7 Å². The van der Waals surface area contributed by atoms with Crippen molar-refractivity contribution in [2.75, 3.05) is 21.3 Å². The Bertz CT molecular complexity index is 411. The van der Waals surface area contributed by atoms with Gasteiger partial charge in [-0.25, -0.2) is 0 Å². The molecule has 1 aromatic carbocycles. The van der Waals surface area contributed by atoms with E-state index >= 15 is 0 Å². The Labute approximate surface area is 127 Å². The van der Waals surface area contributed by atoms with Crippen LogP contribution in [0.4, 0.5) is 0 Å². The Balaban J connectivity index is 2.98. The van der Waals surface area contributed by atoms with Crippen LogP contribution in [0, 0.1) is 5.92 Å². The topological polar surface area (TPSA) is 65.7 Å². The molecule has 1 rings (SSSR count). The number of ether oxygens (including phenoxy) is 3. The van der Waals surface area contributed by atoms with Crippen molar-refractivity contribution >= 4 is 0 Å². The number of rotatable bonds is 9. The quantitative estimate of drug-likeness (QED) is 0.541. The van der Waals surface area contributed by atoms with Crippen LogP contribution in [0.5, 0.6) is 17.2 Å². The van der Waals surface area contributed by atoms with Crippen LogP contribution in [0.2, 0.25) is 0 Å². The highest BCUT2D eigenvalue weighted by Crippen LogP contribution is 2.40. The number of hydrogen-bond acceptors (Lipinski definition) is 5. The van der Waals surface area contributed by atoms with E-state index in [2.05, 4.69) is 19.3 Å². The molecule has 0 aliphatic heterocycles. The van der Waals surface area contributed by atoms with Gasteiger partial charge in [0.25, 0.3) is 0 Å². The summed E-state index contributed by atoms with van der Waals surface area (Å²) in [5.41, 5.74) is 3.92. The molecule has 0 aliphatic rings. The van der Waals surface area contributed by atoms with E-state index in [0.29, 0.717) is 23.2 Å². The first-order valence-electron chi connectivity index (χ1n) is 7.33. The normalized spacial score (nSPS) is 12.3. The standard InChI is InChI=1S/C16H28N2O3/c1-11(2)7-6-8-13(18-17)12-9-14(19-3)16(21-5)15(10-12)20-4/h9-11,13,18H,6-8,17H2,1-5H3. The first-order chi connectivity index (χ1) is 10.1. The van der Waals surface area contributed by atoms with Crippen molar-refractivity contribution in [1.29, 1.82) is 0 Å². The van der Waals surface area contributed by atoms with E-state index in [1.165, 1.54) is 6.42 Å². The summed E-state index contributed by atoms with van der Waals surface area (Å²) in [5, 5.41) is 0. The summed E-state index contributed by atoms with van der Waals surface area (Å²) in [6.07, 6.45) is 3.26. The van der Waals surface area contributed by atoms with Crippen LogP contribution in [0.3, 0.4) is 0 Å². The van der Waals surface area contributed by atoms with Gasteiger partial charge in [0.15, 0.2) is 11.5 Å². The molecule has 1 atom stereocenters. The maximum atomic E-state index is 5.71. The minimum Gasteiger partial charge on any atom is -0.493 e. The molecule has 0 aromatic heterocycles. The third-order valence-corrected chi connectivity index (χ3v) is 3.56. The smallest absolute Gasteiger partial charge is 0.203 e. The van der Waals surface area contributed by atoms with Gasteiger partial charge in [-0.05, 0) is 30.0 Å². The molecule has 5 nitrogen and oxygen atoms in total. The van der Waals surface area contributed by atoms with Gasteiger partial charge in [0, 0.05) is 6.04 Å². The van der Waals surface area contributed by atoms with Gasteiger partial charge in [-0.3, -0.25) is 11.3 Å². The van der Waals surface area contributed by atoms with Crippen LogP contribution < -0.4 is 25.5 Å². The van der Waals surface area contributed by atoms with Gasteiger partial charge < -0.3 is 14.2 Å². The van der Waals surface area contributed by atoms with Crippen molar-refractivity contribution in [2.24, 2.45) is 11.8 Å². The van der Waals surface area contributed by atoms with Gasteiger partial charge in [0.05, 0.1) is 21.3 Å². The zero-order valence-corrected chi connectivity index (χ0v) is 13.7. The van der Waals surface area contributed by atoms with E-state index < -0.39 is 0 Å². The predicted molar refractivity (Wildman–Crippen MR) is 84.9 cm³/mol. The highest BCUT2D eigenvalue weighted by Gasteiger charge is 2.18. The Morgan fingerprint density at radius 2 is 1.57 bits per heavy atom. The molecule has 1 unspecified atom stereocenters. The third-order valence-electron chi connectivity index (χ3n) is 3.56. The first kappa shape index (κ1) is 17.6. The van der Waals surface area contributed by atoms with Crippen molar-refractivity contribution < 1.29 is 14.2 Å². The largest absolute Gasteiger partial charge is 0.493 e. The molecular formula is C16H28N2O3. The van der Waals surface area contributed by atoms with Crippen LogP contribution in [-0.4, -0.2) is 21.3 Å². The molecule has 0 radical (unpaired) electrons. The fourth-order valence-electron chi connectivity index (χ4n) is 2.38. The number of nitrogens with one attached hydrogen (secondary N) is 1. The summed E-state index contributed by atoms with van der Waals surface area (Å²) in [4.78, 5) is 0. The number of nitrogens with two attached hydrogens (primary N) is 1. The zero-order chi connectivity index (χ0) is 15.8. The lowest BCUT2D eigenvalue weighted by molar-refractivity contribution is 0.322. The highest BCUT2D eigenvalue weighted by molar-refractivity contribution is 5.54. The lowest BCUT2D eigenvalue weighted by atomic mass is 9.98. The lowest BCUT2D eigenvalue weighted by Gasteiger charge is -2.20. The average Bonchev–Trinajstić information content (AvgIpc) is 2.49. The average molecular weight is 296 g/mol. The van der Waals surface area contributed by atoms with Crippen LogP contribution in [0.25, 0.3) is 0 Å². The van der Waals surface area contributed by atoms with Gasteiger partial charge in [0.1, 0.15) is 0 Å². The molecule has 21 heavy (non-hydrogen) atoms. The SMILES string of the molecule is COc1cc(C(CCCC(C)C)NN)cc(OC)c1OC. The van der Waals surface area contributed by atoms with Crippen LogP contribution in [0.15, 0.2) is 12.1 Å². The molecule has 0 aliphatic carbocycles. The molecule has 5 heteroatoms. The summed E-state index contributed by atoms with van der Waals surface area (Å²) >= 11 is 0. The molecule has 0 spiro atoms. The molecule has 0 heterocycles. The molecule has 1 aromatic rings. The summed E-state index contributed by atoms with van der Waals surface area (Å²) in [6.45, 7) is 4.45. The Hall–Kier alpha value is -1.46. The maximum absolute atomic E-state index is 5.71. The van der Waals surface area contributed by atoms with Crippen molar-refractivity contribution in [3.8, 4) is 17.2 Å². The van der Waals surface area contributed by atoms with Gasteiger partial charge in [-0.1, -0.05) is 26.7 Å². The van der Waals surface area contributed by atoms with E-state index in [4.69, 9.17) is 20.1 Å². The Kier molecular flexibility index (Phi) is 7.32. The maximum Gasteiger partial charge on any atom is 0.203 e. The zero-order valence-electron chi connectivity index (χ0n) is 13.7. The number of benzene rings is 1. The summed E-state index contributed by atoms with van der Waals surface area (Å²) in [6, 6.07) is 3.96. The molecular weight excluding hydrogens is 268 g/mol. The van der Waals surface area contributed by atoms with Crippen LogP contribution in [0.1, 0.15) is 44.7 Å². The Morgan fingerprint density at radius 3 is 1.95 bits per heavy atom. The second kappa shape index (κ2) is 8.74. The van der Waals surface area contributed by atoms with Crippen LogP contribution >= 0.6 is 0 Å². The van der Waals surface area contributed by atoms with E-state index in [9.17, 15) is 0 Å². The minimum atomic E-state index is 0.0671. The second-order valence-electron chi connectivity index (χ2n) is 5.50. The summed E-state index contributed by atoms with van der Waals surface area (Å²) < 4.78 is 16.1. The molecule has 3 N–H and O–H groups in total. The molecule has 0 fully saturated rings. The van der Waals surface area contributed by atoms with Crippen molar-refractivity contribution in [3.63, 3.8) is 0 Å². The van der Waals surface area contributed by atoms with E-state index in [1.54, 1.807) is 21.3 Å². The molecule has 120 valence electrons. The minimum absolute atomic E-state index is 0.0671. The Morgan fingerprint density at radius 1 is 1.00 bits per heavy atom. The van der Waals surface area contributed by atoms with Gasteiger partial charge >= 0.3 is 0 Å². The predicted octanol–water partition coefficient (Wildman–Crippen LogP) is 3.04. The van der Waals surface area contributed by atoms with E-state index in [1.807, 2.05) is 12.1 Å². The highest BCUT2D eigenvalue weighted by atomic mass is 16.5. The second-order valence-corrected chi connectivity index (χ2v) is 5.50. The fourth-order valence-corrected chi connectivity index (χ4v) is 2.38. The number of hydrogen-bond donors (Lipinski definition) is 2. The van der Waals surface area contributed by atoms with Crippen LogP contribution in [-0.2, 0) is 0 Å². The number of hydrazine groups is 1. The third kappa shape index (κ3) is 4.79. The monoisotopic (exact) mass is 296 g/mol. The van der Waals surface area contributed by atoms with Gasteiger partial charge in [-0.2, -0.15) is 0 Å². The number of methoxy groups -OCH3 is 3. The summed E-state index contributed by atoms with van der Waals surface area (Å²) in [7, 11) is 4.83. The van der Waals surface area contributed by atoms with Crippen molar-refractivity contribution in [1.82, 2.24) is 5.43 Å². The molecule has 0 bridgehead atoms. The first-order valence-corrected chi connectivity index (χ1v) is 7.33. The van der Waals surface area contributed by atoms with Gasteiger partial charge in [0.2, 0.25) is 5.75 Å². The fraction of sp³-hybridized carbons (Fsp3) is 0.625. The van der Waals surface area contributed by atoms with E-state index in [0.717, 1.165) is 18.4 Å². The molecule has 0 saturated carbocycles. The lowest BCUT2D eigenvalue weighted by Crippen LogP contribution is -2.28. The molecule has 0 amide bonds. The summed E-state index contributed by atoms with van der Waals surface area (Å²) in [5.74, 6) is 8.31. The van der Waals surface area contributed by atoms with E-state index in [-0.39, 0.29) is 6.04 Å². The molecule has 0 saturated heterocycles. The van der Waals surface area contributed by atoms with Gasteiger partial charge in [-0.15, -0.1) is 0 Å².